The molecule has 90 valence electrons. The minimum absolute atomic E-state index is 0. The quantitative estimate of drug-likeness (QED) is 0.768. The SMILES string of the molecule is O=C(O)c1ccc2c(c1)=CC=C1CC=CC=C1C=2.[NaH]. The molecule has 2 nitrogen and oxygen atoms in total. The predicted molar refractivity (Wildman–Crippen MR) is 78.7 cm³/mol. The van der Waals surface area contributed by atoms with E-state index in [4.69, 9.17) is 5.11 Å². The first-order valence-electron chi connectivity index (χ1n) is 5.87. The van der Waals surface area contributed by atoms with Gasteiger partial charge in [-0.25, -0.2) is 4.79 Å². The van der Waals surface area contributed by atoms with Crippen molar-refractivity contribution in [3.05, 3.63) is 69.7 Å². The van der Waals surface area contributed by atoms with Gasteiger partial charge in [-0.2, -0.15) is 0 Å². The minimum atomic E-state index is -0.888. The molecule has 0 aromatic heterocycles. The first kappa shape index (κ1) is 14.1. The summed E-state index contributed by atoms with van der Waals surface area (Å²) in [6.07, 6.45) is 13.4. The average Bonchev–Trinajstić information content (AvgIpc) is 2.56. The summed E-state index contributed by atoms with van der Waals surface area (Å²) in [5.41, 5.74) is 2.80. The standard InChI is InChI=1S/C16H12O2.Na.H/c17-16(18)15-8-7-13-9-12-4-2-1-3-11(12)5-6-14(13)10-15;;/h1-2,4-10H,3H2,(H,17,18);;. The van der Waals surface area contributed by atoms with Crippen LogP contribution in [0.15, 0.2) is 53.6 Å². The second-order valence-electron chi connectivity index (χ2n) is 4.41. The number of benzene rings is 1. The van der Waals surface area contributed by atoms with E-state index in [0.717, 1.165) is 16.9 Å². The number of carbonyl (C=O) groups is 1. The van der Waals surface area contributed by atoms with E-state index in [1.165, 1.54) is 11.1 Å². The summed E-state index contributed by atoms with van der Waals surface area (Å²) >= 11 is 0. The van der Waals surface area contributed by atoms with Crippen molar-refractivity contribution in [2.24, 2.45) is 0 Å². The molecular formula is C16H13NaO2. The van der Waals surface area contributed by atoms with Crippen molar-refractivity contribution in [3.8, 4) is 0 Å². The fourth-order valence-corrected chi connectivity index (χ4v) is 2.24. The third kappa shape index (κ3) is 2.81. The van der Waals surface area contributed by atoms with E-state index in [9.17, 15) is 4.79 Å². The zero-order chi connectivity index (χ0) is 12.5. The number of allylic oxidation sites excluding steroid dienone is 6. The summed E-state index contributed by atoms with van der Waals surface area (Å²) in [5.74, 6) is -0.888. The maximum absolute atomic E-state index is 11.0. The van der Waals surface area contributed by atoms with Crippen LogP contribution in [0, 0.1) is 0 Å². The van der Waals surface area contributed by atoms with Gasteiger partial charge in [0, 0.05) is 0 Å². The van der Waals surface area contributed by atoms with Gasteiger partial charge in [-0.3, -0.25) is 0 Å². The number of carboxylic acid groups (broad SMARTS) is 1. The number of carboxylic acids is 1. The van der Waals surface area contributed by atoms with Crippen LogP contribution in [0.3, 0.4) is 0 Å². The van der Waals surface area contributed by atoms with Crippen LogP contribution < -0.4 is 10.4 Å². The molecule has 0 radical (unpaired) electrons. The molecule has 0 aliphatic heterocycles. The Kier molecular flexibility index (Phi) is 4.25. The number of hydrogen-bond acceptors (Lipinski definition) is 1. The molecule has 0 saturated carbocycles. The molecule has 0 saturated heterocycles. The first-order chi connectivity index (χ1) is 8.74. The molecule has 3 heteroatoms. The van der Waals surface area contributed by atoms with E-state index in [1.54, 1.807) is 12.1 Å². The van der Waals surface area contributed by atoms with Crippen molar-refractivity contribution in [2.45, 2.75) is 6.42 Å². The van der Waals surface area contributed by atoms with Crippen LogP contribution in [0.2, 0.25) is 0 Å². The Hall–Kier alpha value is -1.35. The first-order valence-corrected chi connectivity index (χ1v) is 5.87. The van der Waals surface area contributed by atoms with Crippen molar-refractivity contribution in [1.29, 1.82) is 0 Å². The average molecular weight is 260 g/mol. The fraction of sp³-hybridized carbons (Fsp3) is 0.0625. The van der Waals surface area contributed by atoms with Gasteiger partial charge in [-0.05, 0) is 46.2 Å². The van der Waals surface area contributed by atoms with Crippen molar-refractivity contribution < 1.29 is 9.90 Å². The van der Waals surface area contributed by atoms with Crippen LogP contribution in [-0.2, 0) is 0 Å². The summed E-state index contributed by atoms with van der Waals surface area (Å²) in [6.45, 7) is 0. The van der Waals surface area contributed by atoms with Crippen molar-refractivity contribution >= 4 is 47.7 Å². The van der Waals surface area contributed by atoms with E-state index < -0.39 is 5.97 Å². The predicted octanol–water partition coefficient (Wildman–Crippen LogP) is 1.12. The van der Waals surface area contributed by atoms with Gasteiger partial charge in [-0.1, -0.05) is 36.4 Å². The molecule has 1 aromatic carbocycles. The van der Waals surface area contributed by atoms with Crippen LogP contribution in [0.4, 0.5) is 0 Å². The third-order valence-electron chi connectivity index (χ3n) is 3.23. The molecule has 1 N–H and O–H groups in total. The Morgan fingerprint density at radius 2 is 1.95 bits per heavy atom. The molecule has 19 heavy (non-hydrogen) atoms. The Labute approximate surface area is 133 Å². The summed E-state index contributed by atoms with van der Waals surface area (Å²) in [7, 11) is 0. The topological polar surface area (TPSA) is 37.3 Å². The van der Waals surface area contributed by atoms with Gasteiger partial charge in [0.1, 0.15) is 0 Å². The van der Waals surface area contributed by atoms with Gasteiger partial charge in [-0.15, -0.1) is 0 Å². The number of rotatable bonds is 1. The summed E-state index contributed by atoms with van der Waals surface area (Å²) in [5, 5.41) is 11.0. The Morgan fingerprint density at radius 1 is 1.11 bits per heavy atom. The molecule has 0 fully saturated rings. The van der Waals surface area contributed by atoms with E-state index in [2.05, 4.69) is 30.4 Å². The van der Waals surface area contributed by atoms with Crippen LogP contribution in [0.25, 0.3) is 12.2 Å². The van der Waals surface area contributed by atoms with Gasteiger partial charge in [0.25, 0.3) is 0 Å². The summed E-state index contributed by atoms with van der Waals surface area (Å²) < 4.78 is 0. The molecule has 2 aliphatic rings. The number of fused-ring (bicyclic) bond motifs is 2. The van der Waals surface area contributed by atoms with Crippen LogP contribution in [-0.4, -0.2) is 40.6 Å². The van der Waals surface area contributed by atoms with Crippen LogP contribution in [0.1, 0.15) is 16.8 Å². The summed E-state index contributed by atoms with van der Waals surface area (Å²) in [6, 6.07) is 5.23. The molecule has 0 atom stereocenters. The molecule has 1 aromatic rings. The van der Waals surface area contributed by atoms with Gasteiger partial charge in [0.05, 0.1) is 5.56 Å². The molecule has 2 aliphatic carbocycles. The molecule has 3 rings (SSSR count). The second-order valence-corrected chi connectivity index (χ2v) is 4.41. The molecule has 0 heterocycles. The van der Waals surface area contributed by atoms with Gasteiger partial charge in [0.2, 0.25) is 0 Å². The Balaban J connectivity index is 0.00000133. The Morgan fingerprint density at radius 3 is 2.74 bits per heavy atom. The van der Waals surface area contributed by atoms with Crippen LogP contribution >= 0.6 is 0 Å². The second kappa shape index (κ2) is 5.74. The zero-order valence-corrected chi connectivity index (χ0v) is 9.76. The normalized spacial score (nSPS) is 15.4. The van der Waals surface area contributed by atoms with Gasteiger partial charge < -0.3 is 5.11 Å². The third-order valence-corrected chi connectivity index (χ3v) is 3.23. The summed E-state index contributed by atoms with van der Waals surface area (Å²) in [4.78, 5) is 11.0. The van der Waals surface area contributed by atoms with E-state index in [1.807, 2.05) is 12.1 Å². The van der Waals surface area contributed by atoms with Crippen molar-refractivity contribution in [1.82, 2.24) is 0 Å². The molecular weight excluding hydrogens is 247 g/mol. The Bertz CT molecular complexity index is 737. The van der Waals surface area contributed by atoms with E-state index >= 15 is 0 Å². The van der Waals surface area contributed by atoms with Crippen LogP contribution in [0.5, 0.6) is 0 Å². The maximum atomic E-state index is 11.0. The molecule has 0 unspecified atom stereocenters. The fourth-order valence-electron chi connectivity index (χ4n) is 2.24. The molecule has 0 spiro atoms. The monoisotopic (exact) mass is 260 g/mol. The van der Waals surface area contributed by atoms with Crippen molar-refractivity contribution in [2.75, 3.05) is 0 Å². The number of hydrogen-bond donors (Lipinski definition) is 1. The molecule has 0 amide bonds. The van der Waals surface area contributed by atoms with E-state index in [-0.39, 0.29) is 29.6 Å². The zero-order valence-electron chi connectivity index (χ0n) is 9.76. The number of aromatic carboxylic acids is 1. The van der Waals surface area contributed by atoms with Crippen molar-refractivity contribution in [3.63, 3.8) is 0 Å². The van der Waals surface area contributed by atoms with Gasteiger partial charge in [0.15, 0.2) is 0 Å². The molecule has 0 bridgehead atoms. The van der Waals surface area contributed by atoms with Gasteiger partial charge >= 0.3 is 35.5 Å². The van der Waals surface area contributed by atoms with E-state index in [0.29, 0.717) is 5.56 Å².